The van der Waals surface area contributed by atoms with E-state index < -0.39 is 0 Å². The minimum Gasteiger partial charge on any atom is -0.381 e. The number of benzene rings is 2. The van der Waals surface area contributed by atoms with E-state index in [9.17, 15) is 0 Å². The highest BCUT2D eigenvalue weighted by Gasteiger charge is 2.06. The standard InChI is InChI=1S/C17H18N2/c1-13(2)16-9-5-6-10-17(16)19-12-15-8-4-3-7-14(15)11-18/h3-10,13,19H,12H2,1-2H3. The zero-order valence-corrected chi connectivity index (χ0v) is 11.4. The lowest BCUT2D eigenvalue weighted by Gasteiger charge is -2.15. The van der Waals surface area contributed by atoms with Gasteiger partial charge in [0.15, 0.2) is 0 Å². The maximum atomic E-state index is 9.08. The van der Waals surface area contributed by atoms with Crippen LogP contribution in [0.5, 0.6) is 0 Å². The molecule has 0 saturated carbocycles. The van der Waals surface area contributed by atoms with Crippen molar-refractivity contribution in [3.05, 3.63) is 65.2 Å². The van der Waals surface area contributed by atoms with Gasteiger partial charge in [0, 0.05) is 12.2 Å². The molecule has 0 heterocycles. The summed E-state index contributed by atoms with van der Waals surface area (Å²) in [4.78, 5) is 0. The highest BCUT2D eigenvalue weighted by atomic mass is 14.9. The zero-order chi connectivity index (χ0) is 13.7. The highest BCUT2D eigenvalue weighted by molar-refractivity contribution is 5.53. The minimum absolute atomic E-state index is 0.481. The molecule has 0 aliphatic rings. The molecule has 2 aromatic carbocycles. The van der Waals surface area contributed by atoms with Gasteiger partial charge in [-0.05, 0) is 29.2 Å². The van der Waals surface area contributed by atoms with Crippen LogP contribution in [0.25, 0.3) is 0 Å². The first-order valence-corrected chi connectivity index (χ1v) is 6.53. The maximum absolute atomic E-state index is 9.08. The molecule has 0 fully saturated rings. The number of anilines is 1. The van der Waals surface area contributed by atoms with Crippen molar-refractivity contribution < 1.29 is 0 Å². The van der Waals surface area contributed by atoms with Gasteiger partial charge in [0.25, 0.3) is 0 Å². The van der Waals surface area contributed by atoms with Crippen LogP contribution in [0.4, 0.5) is 5.69 Å². The molecule has 0 aliphatic heterocycles. The highest BCUT2D eigenvalue weighted by Crippen LogP contribution is 2.24. The van der Waals surface area contributed by atoms with Crippen LogP contribution in [-0.4, -0.2) is 0 Å². The van der Waals surface area contributed by atoms with E-state index in [1.165, 1.54) is 5.56 Å². The Morgan fingerprint density at radius 2 is 1.74 bits per heavy atom. The van der Waals surface area contributed by atoms with Gasteiger partial charge in [-0.1, -0.05) is 50.2 Å². The van der Waals surface area contributed by atoms with Gasteiger partial charge >= 0.3 is 0 Å². The molecular formula is C17H18N2. The Morgan fingerprint density at radius 3 is 2.47 bits per heavy atom. The van der Waals surface area contributed by atoms with Crippen LogP contribution < -0.4 is 5.32 Å². The first kappa shape index (κ1) is 13.2. The van der Waals surface area contributed by atoms with E-state index in [2.05, 4.69) is 43.4 Å². The van der Waals surface area contributed by atoms with Gasteiger partial charge in [-0.25, -0.2) is 0 Å². The van der Waals surface area contributed by atoms with Crippen molar-refractivity contribution in [1.29, 1.82) is 5.26 Å². The lowest BCUT2D eigenvalue weighted by molar-refractivity contribution is 0.865. The molecule has 2 aromatic rings. The Kier molecular flexibility index (Phi) is 4.20. The molecule has 0 aliphatic carbocycles. The molecule has 0 spiro atoms. The van der Waals surface area contributed by atoms with Gasteiger partial charge in [-0.2, -0.15) is 5.26 Å². The smallest absolute Gasteiger partial charge is 0.0995 e. The van der Waals surface area contributed by atoms with Crippen LogP contribution in [-0.2, 0) is 6.54 Å². The maximum Gasteiger partial charge on any atom is 0.0995 e. The van der Waals surface area contributed by atoms with Gasteiger partial charge in [0.05, 0.1) is 11.6 Å². The second-order valence-corrected chi connectivity index (χ2v) is 4.86. The van der Waals surface area contributed by atoms with Gasteiger partial charge in [-0.3, -0.25) is 0 Å². The van der Waals surface area contributed by atoms with Crippen molar-refractivity contribution in [2.45, 2.75) is 26.3 Å². The molecule has 0 bridgehead atoms. The van der Waals surface area contributed by atoms with Crippen LogP contribution in [0.1, 0.15) is 36.5 Å². The summed E-state index contributed by atoms with van der Waals surface area (Å²) in [5.41, 5.74) is 4.21. The van der Waals surface area contributed by atoms with E-state index in [0.717, 1.165) is 16.8 Å². The third-order valence-corrected chi connectivity index (χ3v) is 3.19. The molecule has 1 N–H and O–H groups in total. The van der Waals surface area contributed by atoms with E-state index in [1.807, 2.05) is 30.3 Å². The number of nitrogens with zero attached hydrogens (tertiary/aromatic N) is 1. The summed E-state index contributed by atoms with van der Waals surface area (Å²) < 4.78 is 0. The number of hydrogen-bond acceptors (Lipinski definition) is 2. The third kappa shape index (κ3) is 3.14. The monoisotopic (exact) mass is 250 g/mol. The molecule has 2 rings (SSSR count). The van der Waals surface area contributed by atoms with Crippen LogP contribution in [0.3, 0.4) is 0 Å². The molecular weight excluding hydrogens is 232 g/mol. The zero-order valence-electron chi connectivity index (χ0n) is 11.4. The van der Waals surface area contributed by atoms with Crippen molar-refractivity contribution in [2.24, 2.45) is 0 Å². The van der Waals surface area contributed by atoms with Crippen LogP contribution in [0, 0.1) is 11.3 Å². The molecule has 96 valence electrons. The van der Waals surface area contributed by atoms with E-state index in [-0.39, 0.29) is 0 Å². The second kappa shape index (κ2) is 6.06. The van der Waals surface area contributed by atoms with Gasteiger partial charge in [-0.15, -0.1) is 0 Å². The molecule has 0 amide bonds. The average Bonchev–Trinajstić information content (AvgIpc) is 2.45. The lowest BCUT2D eigenvalue weighted by atomic mass is 10.0. The summed E-state index contributed by atoms with van der Waals surface area (Å²) in [6.07, 6.45) is 0. The predicted molar refractivity (Wildman–Crippen MR) is 79.0 cm³/mol. The fourth-order valence-corrected chi connectivity index (χ4v) is 2.14. The van der Waals surface area contributed by atoms with E-state index in [0.29, 0.717) is 12.5 Å². The Balaban J connectivity index is 2.18. The largest absolute Gasteiger partial charge is 0.381 e. The van der Waals surface area contributed by atoms with Crippen molar-refractivity contribution in [2.75, 3.05) is 5.32 Å². The normalized spacial score (nSPS) is 10.2. The van der Waals surface area contributed by atoms with Gasteiger partial charge in [0.1, 0.15) is 0 Å². The number of para-hydroxylation sites is 1. The van der Waals surface area contributed by atoms with E-state index in [1.54, 1.807) is 0 Å². The fourth-order valence-electron chi connectivity index (χ4n) is 2.14. The summed E-state index contributed by atoms with van der Waals surface area (Å²) in [6, 6.07) is 18.2. The number of hydrogen-bond donors (Lipinski definition) is 1. The summed E-state index contributed by atoms with van der Waals surface area (Å²) >= 11 is 0. The molecule has 0 atom stereocenters. The van der Waals surface area contributed by atoms with Crippen LogP contribution in [0.15, 0.2) is 48.5 Å². The lowest BCUT2D eigenvalue weighted by Crippen LogP contribution is -2.04. The Bertz CT molecular complexity index is 594. The summed E-state index contributed by atoms with van der Waals surface area (Å²) in [5.74, 6) is 0.481. The third-order valence-electron chi connectivity index (χ3n) is 3.19. The molecule has 2 heteroatoms. The minimum atomic E-state index is 0.481. The van der Waals surface area contributed by atoms with Crippen molar-refractivity contribution in [1.82, 2.24) is 0 Å². The van der Waals surface area contributed by atoms with Crippen molar-refractivity contribution in [3.8, 4) is 6.07 Å². The first-order chi connectivity index (χ1) is 9.22. The molecule has 0 saturated heterocycles. The fraction of sp³-hybridized carbons (Fsp3) is 0.235. The van der Waals surface area contributed by atoms with Gasteiger partial charge in [0.2, 0.25) is 0 Å². The average molecular weight is 250 g/mol. The van der Waals surface area contributed by atoms with Crippen LogP contribution in [0.2, 0.25) is 0 Å². The van der Waals surface area contributed by atoms with Gasteiger partial charge < -0.3 is 5.32 Å². The number of nitrogens with one attached hydrogen (secondary N) is 1. The summed E-state index contributed by atoms with van der Waals surface area (Å²) in [6.45, 7) is 5.04. The topological polar surface area (TPSA) is 35.8 Å². The molecule has 2 nitrogen and oxygen atoms in total. The molecule has 19 heavy (non-hydrogen) atoms. The molecule has 0 radical (unpaired) electrons. The van der Waals surface area contributed by atoms with E-state index >= 15 is 0 Å². The second-order valence-electron chi connectivity index (χ2n) is 4.86. The predicted octanol–water partition coefficient (Wildman–Crippen LogP) is 4.29. The number of nitriles is 1. The summed E-state index contributed by atoms with van der Waals surface area (Å²) in [5, 5.41) is 12.5. The first-order valence-electron chi connectivity index (χ1n) is 6.53. The molecule has 0 unspecified atom stereocenters. The Morgan fingerprint density at radius 1 is 1.05 bits per heavy atom. The van der Waals surface area contributed by atoms with Crippen molar-refractivity contribution >= 4 is 5.69 Å². The SMILES string of the molecule is CC(C)c1ccccc1NCc1ccccc1C#N. The van der Waals surface area contributed by atoms with Crippen LogP contribution >= 0.6 is 0 Å². The Labute approximate surface area is 114 Å². The van der Waals surface area contributed by atoms with E-state index in [4.69, 9.17) is 5.26 Å². The number of rotatable bonds is 4. The quantitative estimate of drug-likeness (QED) is 0.878. The summed E-state index contributed by atoms with van der Waals surface area (Å²) in [7, 11) is 0. The van der Waals surface area contributed by atoms with Crippen molar-refractivity contribution in [3.63, 3.8) is 0 Å². The Hall–Kier alpha value is -2.27. The molecule has 0 aromatic heterocycles.